The lowest BCUT2D eigenvalue weighted by atomic mass is 10.1. The number of likely N-dealkylation sites (N-methyl/N-ethyl adjacent to an activating group) is 1. The Morgan fingerprint density at radius 3 is 2.38 bits per heavy atom. The molecule has 0 N–H and O–H groups in total. The quantitative estimate of drug-likeness (QED) is 0.811. The smallest absolute Gasteiger partial charge is 0.264 e. The summed E-state index contributed by atoms with van der Waals surface area (Å²) in [7, 11) is 1.85. The van der Waals surface area contributed by atoms with E-state index in [-0.39, 0.29) is 17.9 Å². The summed E-state index contributed by atoms with van der Waals surface area (Å²) < 4.78 is 0. The molecule has 6 heteroatoms. The van der Waals surface area contributed by atoms with E-state index in [1.165, 1.54) is 11.3 Å². The molecule has 2 heterocycles. The SMILES string of the molecule is CC(C(=O)N(C)Cc1ccccc1)N1CCN(C(=O)c2cccs2)CC1. The van der Waals surface area contributed by atoms with Gasteiger partial charge in [0.15, 0.2) is 0 Å². The fourth-order valence-corrected chi connectivity index (χ4v) is 3.97. The molecular weight excluding hydrogens is 346 g/mol. The molecule has 138 valence electrons. The van der Waals surface area contributed by atoms with Crippen molar-refractivity contribution in [3.8, 4) is 0 Å². The molecule has 0 saturated carbocycles. The Hall–Kier alpha value is -2.18. The topological polar surface area (TPSA) is 43.9 Å². The Labute approximate surface area is 158 Å². The van der Waals surface area contributed by atoms with E-state index in [0.29, 0.717) is 19.6 Å². The molecule has 1 fully saturated rings. The van der Waals surface area contributed by atoms with Crippen LogP contribution in [0.5, 0.6) is 0 Å². The van der Waals surface area contributed by atoms with Gasteiger partial charge in [-0.2, -0.15) is 0 Å². The van der Waals surface area contributed by atoms with E-state index in [9.17, 15) is 9.59 Å². The first-order valence-electron chi connectivity index (χ1n) is 8.92. The van der Waals surface area contributed by atoms with Gasteiger partial charge >= 0.3 is 0 Å². The zero-order chi connectivity index (χ0) is 18.5. The number of hydrogen-bond donors (Lipinski definition) is 0. The van der Waals surface area contributed by atoms with Gasteiger partial charge in [0, 0.05) is 39.8 Å². The summed E-state index contributed by atoms with van der Waals surface area (Å²) in [5.74, 6) is 0.215. The van der Waals surface area contributed by atoms with Crippen molar-refractivity contribution in [2.75, 3.05) is 33.2 Å². The van der Waals surface area contributed by atoms with Crippen LogP contribution in [0.1, 0.15) is 22.2 Å². The summed E-state index contributed by atoms with van der Waals surface area (Å²) in [4.78, 5) is 31.8. The largest absolute Gasteiger partial charge is 0.340 e. The first-order chi connectivity index (χ1) is 12.6. The molecule has 26 heavy (non-hydrogen) atoms. The van der Waals surface area contributed by atoms with E-state index in [0.717, 1.165) is 23.5 Å². The van der Waals surface area contributed by atoms with Crippen molar-refractivity contribution in [1.29, 1.82) is 0 Å². The van der Waals surface area contributed by atoms with E-state index >= 15 is 0 Å². The maximum Gasteiger partial charge on any atom is 0.264 e. The highest BCUT2D eigenvalue weighted by atomic mass is 32.1. The molecule has 1 saturated heterocycles. The van der Waals surface area contributed by atoms with Crippen LogP contribution in [0, 0.1) is 0 Å². The van der Waals surface area contributed by atoms with E-state index in [2.05, 4.69) is 4.90 Å². The van der Waals surface area contributed by atoms with Gasteiger partial charge in [0.05, 0.1) is 10.9 Å². The number of hydrogen-bond acceptors (Lipinski definition) is 4. The van der Waals surface area contributed by atoms with Crippen LogP contribution in [0.4, 0.5) is 0 Å². The summed E-state index contributed by atoms with van der Waals surface area (Å²) in [6.45, 7) is 5.35. The molecule has 0 bridgehead atoms. The Balaban J connectivity index is 1.52. The van der Waals surface area contributed by atoms with Crippen LogP contribution in [0.25, 0.3) is 0 Å². The Morgan fingerprint density at radius 1 is 1.08 bits per heavy atom. The number of piperazine rings is 1. The van der Waals surface area contributed by atoms with Crippen LogP contribution >= 0.6 is 11.3 Å². The molecule has 1 aliphatic heterocycles. The molecule has 1 atom stereocenters. The summed E-state index contributed by atoms with van der Waals surface area (Å²) >= 11 is 1.48. The Morgan fingerprint density at radius 2 is 1.77 bits per heavy atom. The third kappa shape index (κ3) is 4.31. The second-order valence-electron chi connectivity index (χ2n) is 6.66. The zero-order valence-electron chi connectivity index (χ0n) is 15.3. The summed E-state index contributed by atoms with van der Waals surface area (Å²) in [5.41, 5.74) is 1.13. The third-order valence-electron chi connectivity index (χ3n) is 4.88. The van der Waals surface area contributed by atoms with Gasteiger partial charge < -0.3 is 9.80 Å². The molecule has 1 aliphatic rings. The monoisotopic (exact) mass is 371 g/mol. The molecule has 1 aromatic heterocycles. The minimum atomic E-state index is -0.178. The molecule has 1 aromatic carbocycles. The van der Waals surface area contributed by atoms with Crippen LogP contribution in [-0.2, 0) is 11.3 Å². The normalized spacial score (nSPS) is 16.3. The van der Waals surface area contributed by atoms with Gasteiger partial charge in [-0.1, -0.05) is 36.4 Å². The molecule has 2 amide bonds. The fraction of sp³-hybridized carbons (Fsp3) is 0.400. The van der Waals surface area contributed by atoms with Crippen molar-refractivity contribution in [3.05, 3.63) is 58.3 Å². The van der Waals surface area contributed by atoms with Gasteiger partial charge in [0.25, 0.3) is 5.91 Å². The number of carbonyl (C=O) groups is 2. The number of thiophene rings is 1. The van der Waals surface area contributed by atoms with Gasteiger partial charge in [0.2, 0.25) is 5.91 Å². The van der Waals surface area contributed by atoms with Crippen LogP contribution < -0.4 is 0 Å². The summed E-state index contributed by atoms with van der Waals surface area (Å²) in [5, 5.41) is 1.92. The zero-order valence-corrected chi connectivity index (χ0v) is 16.1. The highest BCUT2D eigenvalue weighted by Gasteiger charge is 2.29. The minimum absolute atomic E-state index is 0.0971. The molecule has 0 spiro atoms. The van der Waals surface area contributed by atoms with Gasteiger partial charge in [-0.3, -0.25) is 14.5 Å². The second-order valence-corrected chi connectivity index (χ2v) is 7.61. The average Bonchev–Trinajstić information content (AvgIpc) is 3.22. The van der Waals surface area contributed by atoms with Crippen LogP contribution in [0.3, 0.4) is 0 Å². The van der Waals surface area contributed by atoms with E-state index in [4.69, 9.17) is 0 Å². The molecule has 1 unspecified atom stereocenters. The molecular formula is C20H25N3O2S. The molecule has 5 nitrogen and oxygen atoms in total. The summed E-state index contributed by atoms with van der Waals surface area (Å²) in [6, 6.07) is 13.6. The Bertz CT molecular complexity index is 725. The maximum atomic E-state index is 12.8. The lowest BCUT2D eigenvalue weighted by molar-refractivity contribution is -0.136. The highest BCUT2D eigenvalue weighted by Crippen LogP contribution is 2.15. The van der Waals surface area contributed by atoms with Crippen molar-refractivity contribution in [3.63, 3.8) is 0 Å². The third-order valence-corrected chi connectivity index (χ3v) is 5.74. The lowest BCUT2D eigenvalue weighted by Gasteiger charge is -2.38. The second kappa shape index (κ2) is 8.47. The number of benzene rings is 1. The van der Waals surface area contributed by atoms with Crippen molar-refractivity contribution < 1.29 is 9.59 Å². The molecule has 3 rings (SSSR count). The van der Waals surface area contributed by atoms with Crippen molar-refractivity contribution in [1.82, 2.24) is 14.7 Å². The highest BCUT2D eigenvalue weighted by molar-refractivity contribution is 7.12. The standard InChI is InChI=1S/C20H25N3O2S/c1-16(19(24)21(2)15-17-7-4-3-5-8-17)22-10-12-23(13-11-22)20(25)18-9-6-14-26-18/h3-9,14,16H,10-13,15H2,1-2H3. The number of carbonyl (C=O) groups excluding carboxylic acids is 2. The molecule has 2 aromatic rings. The minimum Gasteiger partial charge on any atom is -0.340 e. The number of rotatable bonds is 5. The van der Waals surface area contributed by atoms with E-state index in [1.807, 2.05) is 66.7 Å². The summed E-state index contributed by atoms with van der Waals surface area (Å²) in [6.07, 6.45) is 0. The Kier molecular flexibility index (Phi) is 6.06. The van der Waals surface area contributed by atoms with Gasteiger partial charge in [0.1, 0.15) is 0 Å². The molecule has 0 aliphatic carbocycles. The van der Waals surface area contributed by atoms with E-state index in [1.54, 1.807) is 4.90 Å². The van der Waals surface area contributed by atoms with Crippen LogP contribution in [-0.4, -0.2) is 65.8 Å². The van der Waals surface area contributed by atoms with Crippen LogP contribution in [0.2, 0.25) is 0 Å². The first-order valence-corrected chi connectivity index (χ1v) is 9.80. The molecule has 0 radical (unpaired) electrons. The number of amides is 2. The number of nitrogens with zero attached hydrogens (tertiary/aromatic N) is 3. The van der Waals surface area contributed by atoms with Gasteiger partial charge in [-0.25, -0.2) is 0 Å². The van der Waals surface area contributed by atoms with Gasteiger partial charge in [-0.05, 0) is 23.9 Å². The maximum absolute atomic E-state index is 12.8. The van der Waals surface area contributed by atoms with Crippen molar-refractivity contribution >= 4 is 23.2 Å². The predicted molar refractivity (Wildman–Crippen MR) is 104 cm³/mol. The predicted octanol–water partition coefficient (Wildman–Crippen LogP) is 2.55. The van der Waals surface area contributed by atoms with Crippen LogP contribution in [0.15, 0.2) is 47.8 Å². The first kappa shape index (κ1) is 18.6. The lowest BCUT2D eigenvalue weighted by Crippen LogP contribution is -2.55. The van der Waals surface area contributed by atoms with Crippen molar-refractivity contribution in [2.45, 2.75) is 19.5 Å². The fourth-order valence-electron chi connectivity index (χ4n) is 3.28. The average molecular weight is 372 g/mol. The van der Waals surface area contributed by atoms with Gasteiger partial charge in [-0.15, -0.1) is 11.3 Å². The van der Waals surface area contributed by atoms with Crippen molar-refractivity contribution in [2.24, 2.45) is 0 Å². The van der Waals surface area contributed by atoms with E-state index < -0.39 is 0 Å².